The molecule has 3 rings (SSSR count). The van der Waals surface area contributed by atoms with E-state index in [1.807, 2.05) is 19.3 Å². The molecule has 2 heterocycles. The van der Waals surface area contributed by atoms with Crippen molar-refractivity contribution in [3.63, 3.8) is 0 Å². The summed E-state index contributed by atoms with van der Waals surface area (Å²) in [5.74, 6) is 0.578. The molecule has 0 aliphatic rings. The van der Waals surface area contributed by atoms with Gasteiger partial charge in [-0.3, -0.25) is 4.68 Å². The Morgan fingerprint density at radius 1 is 1.23 bits per heavy atom. The molecule has 22 heavy (non-hydrogen) atoms. The van der Waals surface area contributed by atoms with Crippen LogP contribution in [0.4, 0.5) is 0 Å². The first-order valence-corrected chi connectivity index (χ1v) is 7.82. The second kappa shape index (κ2) is 5.98. The van der Waals surface area contributed by atoms with Gasteiger partial charge in [-0.05, 0) is 28.6 Å². The van der Waals surface area contributed by atoms with Gasteiger partial charge in [0.15, 0.2) is 0 Å². The first-order chi connectivity index (χ1) is 10.6. The van der Waals surface area contributed by atoms with Crippen molar-refractivity contribution in [1.82, 2.24) is 29.6 Å². The van der Waals surface area contributed by atoms with Crippen molar-refractivity contribution in [2.75, 3.05) is 0 Å². The minimum absolute atomic E-state index is 0.314. The number of thioether (sulfide) groups is 1. The second-order valence-corrected chi connectivity index (χ2v) is 6.05. The summed E-state index contributed by atoms with van der Waals surface area (Å²) < 4.78 is 4.17. The van der Waals surface area contributed by atoms with Gasteiger partial charge in [0.2, 0.25) is 0 Å². The van der Waals surface area contributed by atoms with E-state index in [1.165, 1.54) is 9.36 Å². The third-order valence-electron chi connectivity index (χ3n) is 3.10. The highest BCUT2D eigenvalue weighted by Crippen LogP contribution is 2.29. The maximum atomic E-state index is 12.0. The van der Waals surface area contributed by atoms with Gasteiger partial charge in [-0.2, -0.15) is 14.5 Å². The fraction of sp³-hybridized carbons (Fsp3) is 0.231. The Kier molecular flexibility index (Phi) is 4.04. The highest BCUT2D eigenvalue weighted by molar-refractivity contribution is 7.98. The van der Waals surface area contributed by atoms with Crippen LogP contribution in [0.25, 0.3) is 5.69 Å². The molecule has 0 bridgehead atoms. The van der Waals surface area contributed by atoms with Crippen molar-refractivity contribution in [3.05, 3.63) is 51.5 Å². The number of nitrogens with zero attached hydrogens (tertiary/aromatic N) is 6. The number of hydrogen-bond acceptors (Lipinski definition) is 5. The van der Waals surface area contributed by atoms with Crippen LogP contribution in [0, 0.1) is 0 Å². The summed E-state index contributed by atoms with van der Waals surface area (Å²) in [6.07, 6.45) is 1.88. The van der Waals surface area contributed by atoms with Crippen LogP contribution in [0.5, 0.6) is 0 Å². The quantitative estimate of drug-likeness (QED) is 0.677. The Labute approximate surface area is 135 Å². The van der Waals surface area contributed by atoms with Gasteiger partial charge in [0.1, 0.15) is 5.03 Å². The highest BCUT2D eigenvalue weighted by Gasteiger charge is 2.14. The molecule has 0 fully saturated rings. The lowest BCUT2D eigenvalue weighted by Gasteiger charge is -2.09. The highest BCUT2D eigenvalue weighted by atomic mass is 35.5. The van der Waals surface area contributed by atoms with E-state index in [0.29, 0.717) is 16.5 Å². The second-order valence-electron chi connectivity index (χ2n) is 4.65. The van der Waals surface area contributed by atoms with Crippen molar-refractivity contribution in [2.24, 2.45) is 14.1 Å². The molecular weight excluding hydrogens is 324 g/mol. The molecule has 0 amide bonds. The summed E-state index contributed by atoms with van der Waals surface area (Å²) in [6.45, 7) is 0. The number of benzene rings is 1. The number of aryl methyl sites for hydroxylation is 2. The van der Waals surface area contributed by atoms with Gasteiger partial charge in [-0.1, -0.05) is 29.4 Å². The monoisotopic (exact) mass is 336 g/mol. The summed E-state index contributed by atoms with van der Waals surface area (Å²) in [6, 6.07) is 7.31. The average molecular weight is 337 g/mol. The Bertz CT molecular complexity index is 868. The number of hydrogen-bond donors (Lipinski definition) is 0. The van der Waals surface area contributed by atoms with Crippen LogP contribution < -0.4 is 5.69 Å². The maximum Gasteiger partial charge on any atom is 0.368 e. The number of halogens is 1. The zero-order valence-electron chi connectivity index (χ0n) is 12.0. The zero-order valence-corrected chi connectivity index (χ0v) is 13.5. The lowest BCUT2D eigenvalue weighted by Crippen LogP contribution is -2.22. The molecule has 0 N–H and O–H groups in total. The molecule has 7 nitrogen and oxygen atoms in total. The van der Waals surface area contributed by atoms with Crippen LogP contribution >= 0.6 is 23.4 Å². The molecule has 2 aromatic heterocycles. The third kappa shape index (κ3) is 2.79. The van der Waals surface area contributed by atoms with Gasteiger partial charge >= 0.3 is 5.69 Å². The van der Waals surface area contributed by atoms with Crippen LogP contribution in [0.2, 0.25) is 5.02 Å². The molecule has 114 valence electrons. The first kappa shape index (κ1) is 14.9. The number of rotatable bonds is 4. The molecule has 0 atom stereocenters. The van der Waals surface area contributed by atoms with Gasteiger partial charge in [0.05, 0.1) is 5.69 Å². The first-order valence-electron chi connectivity index (χ1n) is 6.45. The SMILES string of the molecule is Cn1ccc(SCc2c(Cl)cccc2-n2nnn(C)c2=O)n1. The van der Waals surface area contributed by atoms with Crippen LogP contribution in [0.1, 0.15) is 5.56 Å². The van der Waals surface area contributed by atoms with Crippen molar-refractivity contribution in [1.29, 1.82) is 0 Å². The van der Waals surface area contributed by atoms with Gasteiger partial charge in [0.25, 0.3) is 0 Å². The van der Waals surface area contributed by atoms with E-state index in [9.17, 15) is 4.79 Å². The topological polar surface area (TPSA) is 70.5 Å². The van der Waals surface area contributed by atoms with Gasteiger partial charge in [-0.15, -0.1) is 0 Å². The summed E-state index contributed by atoms with van der Waals surface area (Å²) in [5.41, 5.74) is 1.14. The molecule has 0 aliphatic heterocycles. The summed E-state index contributed by atoms with van der Waals surface area (Å²) in [7, 11) is 3.42. The lowest BCUT2D eigenvalue weighted by molar-refractivity contribution is 0.692. The molecule has 0 saturated heterocycles. The van der Waals surface area contributed by atoms with Crippen LogP contribution in [0.3, 0.4) is 0 Å². The number of aromatic nitrogens is 6. The van der Waals surface area contributed by atoms with Gasteiger partial charge in [-0.25, -0.2) is 4.79 Å². The molecule has 1 aromatic carbocycles. The van der Waals surface area contributed by atoms with E-state index in [2.05, 4.69) is 15.5 Å². The van der Waals surface area contributed by atoms with Gasteiger partial charge < -0.3 is 0 Å². The van der Waals surface area contributed by atoms with Crippen molar-refractivity contribution in [2.45, 2.75) is 10.8 Å². The Morgan fingerprint density at radius 2 is 2.05 bits per heavy atom. The smallest absolute Gasteiger partial charge is 0.275 e. The predicted octanol–water partition coefficient (Wildman–Crippen LogP) is 1.65. The Balaban J connectivity index is 1.96. The van der Waals surface area contributed by atoms with Crippen molar-refractivity contribution in [3.8, 4) is 5.69 Å². The summed E-state index contributed by atoms with van der Waals surface area (Å²) >= 11 is 7.84. The van der Waals surface area contributed by atoms with E-state index in [0.717, 1.165) is 10.6 Å². The van der Waals surface area contributed by atoms with Crippen molar-refractivity contribution < 1.29 is 0 Å². The molecule has 3 aromatic rings. The van der Waals surface area contributed by atoms with E-state index in [1.54, 1.807) is 41.7 Å². The van der Waals surface area contributed by atoms with Crippen LogP contribution in [0.15, 0.2) is 40.3 Å². The van der Waals surface area contributed by atoms with Crippen LogP contribution in [-0.4, -0.2) is 29.6 Å². The molecule has 0 radical (unpaired) electrons. The Hall–Kier alpha value is -2.06. The lowest BCUT2D eigenvalue weighted by atomic mass is 10.2. The normalized spacial score (nSPS) is 11.0. The minimum Gasteiger partial charge on any atom is -0.275 e. The summed E-state index contributed by atoms with van der Waals surface area (Å²) in [5, 5.41) is 13.4. The van der Waals surface area contributed by atoms with E-state index >= 15 is 0 Å². The van der Waals surface area contributed by atoms with Crippen LogP contribution in [-0.2, 0) is 19.8 Å². The summed E-state index contributed by atoms with van der Waals surface area (Å²) in [4.78, 5) is 12.0. The van der Waals surface area contributed by atoms with E-state index in [4.69, 9.17) is 11.6 Å². The zero-order chi connectivity index (χ0) is 15.7. The molecular formula is C13H13ClN6OS. The molecule has 0 saturated carbocycles. The standard InChI is InChI=1S/C13H13ClN6OS/c1-18-7-6-12(15-18)22-8-9-10(14)4-3-5-11(9)20-13(21)19(2)16-17-20/h3-7H,8H2,1-2H3. The molecule has 9 heteroatoms. The fourth-order valence-corrected chi connectivity index (χ4v) is 3.23. The van der Waals surface area contributed by atoms with E-state index in [-0.39, 0.29) is 5.69 Å². The third-order valence-corrected chi connectivity index (χ3v) is 4.40. The minimum atomic E-state index is -0.314. The number of tetrazole rings is 1. The molecule has 0 aliphatic carbocycles. The van der Waals surface area contributed by atoms with Gasteiger partial charge in [0, 0.05) is 36.6 Å². The Morgan fingerprint density at radius 3 is 2.68 bits per heavy atom. The average Bonchev–Trinajstić information content (AvgIpc) is 3.05. The largest absolute Gasteiger partial charge is 0.368 e. The van der Waals surface area contributed by atoms with Crippen molar-refractivity contribution >= 4 is 23.4 Å². The predicted molar refractivity (Wildman–Crippen MR) is 84.4 cm³/mol. The van der Waals surface area contributed by atoms with E-state index < -0.39 is 0 Å². The molecule has 0 unspecified atom stereocenters. The maximum absolute atomic E-state index is 12.0. The molecule has 0 spiro atoms. The fourth-order valence-electron chi connectivity index (χ4n) is 1.97.